The zero-order chi connectivity index (χ0) is 12.1. The van der Waals surface area contributed by atoms with Crippen molar-refractivity contribution < 1.29 is 19.4 Å². The van der Waals surface area contributed by atoms with E-state index < -0.39 is 12.6 Å². The Morgan fingerprint density at radius 2 is 2.12 bits per heavy atom. The van der Waals surface area contributed by atoms with E-state index in [1.165, 1.54) is 12.1 Å². The molecule has 0 saturated carbocycles. The van der Waals surface area contributed by atoms with Gasteiger partial charge in [0.2, 0.25) is 0 Å². The fourth-order valence-electron chi connectivity index (χ4n) is 1.22. The lowest BCUT2D eigenvalue weighted by Gasteiger charge is -2.09. The minimum absolute atomic E-state index is 0.132. The van der Waals surface area contributed by atoms with E-state index in [4.69, 9.17) is 15.6 Å². The van der Waals surface area contributed by atoms with E-state index in [0.29, 0.717) is 17.7 Å². The van der Waals surface area contributed by atoms with E-state index in [0.717, 1.165) is 0 Å². The van der Waals surface area contributed by atoms with Crippen LogP contribution in [0.3, 0.4) is 0 Å². The van der Waals surface area contributed by atoms with Crippen LogP contribution in [0.15, 0.2) is 18.2 Å². The number of benzene rings is 1. The van der Waals surface area contributed by atoms with E-state index >= 15 is 0 Å². The third kappa shape index (κ3) is 2.98. The summed E-state index contributed by atoms with van der Waals surface area (Å²) in [5.74, 6) is -0.970. The highest BCUT2D eigenvalue weighted by molar-refractivity contribution is 5.99. The van der Waals surface area contributed by atoms with Crippen LogP contribution in [-0.4, -0.2) is 23.5 Å². The minimum Gasteiger partial charge on any atom is -0.481 e. The molecular formula is C11H13NO4. The Morgan fingerprint density at radius 1 is 1.44 bits per heavy atom. The molecule has 0 radical (unpaired) electrons. The van der Waals surface area contributed by atoms with Crippen molar-refractivity contribution in [1.29, 1.82) is 0 Å². The summed E-state index contributed by atoms with van der Waals surface area (Å²) in [6.07, 6.45) is 0.312. The second kappa shape index (κ2) is 5.16. The number of hydrogen-bond donors (Lipinski definition) is 2. The molecule has 0 amide bonds. The lowest BCUT2D eigenvalue weighted by atomic mass is 10.1. The fraction of sp³-hybridized carbons (Fsp3) is 0.273. The number of carbonyl (C=O) groups excluding carboxylic acids is 1. The number of carboxylic acids is 1. The standard InChI is InChI=1S/C11H13NO4/c1-2-9(13)8-5-7(12)3-4-10(8)16-6-11(14)15/h3-5H,2,6,12H2,1H3,(H,14,15). The molecule has 0 saturated heterocycles. The van der Waals surface area contributed by atoms with Gasteiger partial charge in [0.25, 0.3) is 0 Å². The number of aliphatic carboxylic acids is 1. The van der Waals surface area contributed by atoms with Crippen molar-refractivity contribution in [2.45, 2.75) is 13.3 Å². The average Bonchev–Trinajstić information content (AvgIpc) is 2.26. The van der Waals surface area contributed by atoms with E-state index in [2.05, 4.69) is 0 Å². The molecule has 86 valence electrons. The van der Waals surface area contributed by atoms with Gasteiger partial charge < -0.3 is 15.6 Å². The highest BCUT2D eigenvalue weighted by Crippen LogP contribution is 2.22. The summed E-state index contributed by atoms with van der Waals surface area (Å²) in [6.45, 7) is 1.24. The predicted molar refractivity (Wildman–Crippen MR) is 58.6 cm³/mol. The number of carboxylic acid groups (broad SMARTS) is 1. The lowest BCUT2D eigenvalue weighted by molar-refractivity contribution is -0.139. The van der Waals surface area contributed by atoms with Crippen LogP contribution in [0.4, 0.5) is 5.69 Å². The van der Waals surface area contributed by atoms with Crippen LogP contribution < -0.4 is 10.5 Å². The third-order valence-corrected chi connectivity index (χ3v) is 1.98. The Bertz CT molecular complexity index is 414. The van der Waals surface area contributed by atoms with Crippen molar-refractivity contribution in [2.24, 2.45) is 0 Å². The van der Waals surface area contributed by atoms with E-state index in [9.17, 15) is 9.59 Å². The zero-order valence-electron chi connectivity index (χ0n) is 8.90. The van der Waals surface area contributed by atoms with Crippen LogP contribution in [0.1, 0.15) is 23.7 Å². The molecule has 0 aliphatic rings. The summed E-state index contributed by atoms with van der Waals surface area (Å²) in [7, 11) is 0. The monoisotopic (exact) mass is 223 g/mol. The first-order chi connectivity index (χ1) is 7.54. The van der Waals surface area contributed by atoms with Gasteiger partial charge in [-0.1, -0.05) is 6.92 Å². The van der Waals surface area contributed by atoms with Crippen LogP contribution >= 0.6 is 0 Å². The predicted octanol–water partition coefficient (Wildman–Crippen LogP) is 1.32. The molecule has 0 fully saturated rings. The molecule has 0 unspecified atom stereocenters. The van der Waals surface area contributed by atoms with Crippen LogP contribution in [0.25, 0.3) is 0 Å². The molecule has 0 spiro atoms. The first-order valence-corrected chi connectivity index (χ1v) is 4.82. The molecule has 1 rings (SSSR count). The molecule has 5 nitrogen and oxygen atoms in total. The number of rotatable bonds is 5. The molecule has 0 heterocycles. The first-order valence-electron chi connectivity index (χ1n) is 4.82. The molecular weight excluding hydrogens is 210 g/mol. The molecule has 1 aromatic rings. The van der Waals surface area contributed by atoms with Crippen molar-refractivity contribution in [3.8, 4) is 5.75 Å². The van der Waals surface area contributed by atoms with Gasteiger partial charge in [0.1, 0.15) is 5.75 Å². The van der Waals surface area contributed by atoms with Crippen LogP contribution in [0.5, 0.6) is 5.75 Å². The smallest absolute Gasteiger partial charge is 0.341 e. The summed E-state index contributed by atoms with van der Waals surface area (Å²) >= 11 is 0. The van der Waals surface area contributed by atoms with Gasteiger partial charge in [0.05, 0.1) is 5.56 Å². The van der Waals surface area contributed by atoms with E-state index in [-0.39, 0.29) is 11.5 Å². The molecule has 5 heteroatoms. The topological polar surface area (TPSA) is 89.6 Å². The van der Waals surface area contributed by atoms with Gasteiger partial charge in [0.15, 0.2) is 12.4 Å². The number of ketones is 1. The molecule has 3 N–H and O–H groups in total. The summed E-state index contributed by atoms with van der Waals surface area (Å²) in [5.41, 5.74) is 6.32. The van der Waals surface area contributed by atoms with Crippen LogP contribution in [-0.2, 0) is 4.79 Å². The maximum absolute atomic E-state index is 11.5. The van der Waals surface area contributed by atoms with E-state index in [1.807, 2.05) is 0 Å². The summed E-state index contributed by atoms with van der Waals surface area (Å²) in [5, 5.41) is 8.48. The quantitative estimate of drug-likeness (QED) is 0.580. The highest BCUT2D eigenvalue weighted by Gasteiger charge is 2.12. The van der Waals surface area contributed by atoms with Gasteiger partial charge >= 0.3 is 5.97 Å². The van der Waals surface area contributed by atoms with E-state index in [1.54, 1.807) is 13.0 Å². The molecule has 0 aromatic heterocycles. The molecule has 1 aromatic carbocycles. The number of nitrogen functional groups attached to an aromatic ring is 1. The van der Waals surface area contributed by atoms with Gasteiger partial charge in [-0.25, -0.2) is 4.79 Å². The highest BCUT2D eigenvalue weighted by atomic mass is 16.5. The van der Waals surface area contributed by atoms with Gasteiger partial charge in [0, 0.05) is 12.1 Å². The zero-order valence-corrected chi connectivity index (χ0v) is 8.90. The Hall–Kier alpha value is -2.04. The van der Waals surface area contributed by atoms with Gasteiger partial charge in [-0.15, -0.1) is 0 Å². The number of nitrogens with two attached hydrogens (primary N) is 1. The third-order valence-electron chi connectivity index (χ3n) is 1.98. The normalized spacial score (nSPS) is 9.81. The first kappa shape index (κ1) is 12.0. The van der Waals surface area contributed by atoms with Gasteiger partial charge in [-0.05, 0) is 18.2 Å². The average molecular weight is 223 g/mol. The fourth-order valence-corrected chi connectivity index (χ4v) is 1.22. The SMILES string of the molecule is CCC(=O)c1cc(N)ccc1OCC(=O)O. The molecule has 0 atom stereocenters. The van der Waals surface area contributed by atoms with Crippen molar-refractivity contribution >= 4 is 17.4 Å². The number of carbonyl (C=O) groups is 2. The molecule has 0 aliphatic heterocycles. The van der Waals surface area contributed by atoms with Crippen molar-refractivity contribution in [1.82, 2.24) is 0 Å². The number of anilines is 1. The van der Waals surface area contributed by atoms with Crippen molar-refractivity contribution in [3.05, 3.63) is 23.8 Å². The van der Waals surface area contributed by atoms with Crippen LogP contribution in [0.2, 0.25) is 0 Å². The van der Waals surface area contributed by atoms with Crippen molar-refractivity contribution in [2.75, 3.05) is 12.3 Å². The molecule has 16 heavy (non-hydrogen) atoms. The maximum atomic E-state index is 11.5. The largest absolute Gasteiger partial charge is 0.481 e. The van der Waals surface area contributed by atoms with Crippen molar-refractivity contribution in [3.63, 3.8) is 0 Å². The second-order valence-electron chi connectivity index (χ2n) is 3.21. The van der Waals surface area contributed by atoms with Crippen LogP contribution in [0, 0.1) is 0 Å². The minimum atomic E-state index is -1.09. The maximum Gasteiger partial charge on any atom is 0.341 e. The molecule has 0 bridgehead atoms. The number of ether oxygens (including phenoxy) is 1. The molecule has 0 aliphatic carbocycles. The lowest BCUT2D eigenvalue weighted by Crippen LogP contribution is -2.12. The Balaban J connectivity index is 2.98. The Labute approximate surface area is 92.8 Å². The number of Topliss-reactive ketones (excluding diaryl/α,β-unsaturated/α-hetero) is 1. The van der Waals surface area contributed by atoms with Gasteiger partial charge in [-0.2, -0.15) is 0 Å². The Kier molecular flexibility index (Phi) is 3.88. The summed E-state index contributed by atoms with van der Waals surface area (Å²) in [4.78, 5) is 21.9. The number of hydrogen-bond acceptors (Lipinski definition) is 4. The summed E-state index contributed by atoms with van der Waals surface area (Å²) in [6, 6.07) is 4.55. The van der Waals surface area contributed by atoms with Gasteiger partial charge in [-0.3, -0.25) is 4.79 Å². The summed E-state index contributed by atoms with van der Waals surface area (Å²) < 4.78 is 5.00. The Morgan fingerprint density at radius 3 is 2.69 bits per heavy atom. The second-order valence-corrected chi connectivity index (χ2v) is 3.21.